The lowest BCUT2D eigenvalue weighted by Crippen LogP contribution is -2.23. The summed E-state index contributed by atoms with van der Waals surface area (Å²) >= 11 is -2.79. The van der Waals surface area contributed by atoms with Gasteiger partial charge in [-0.1, -0.05) is 4.83 Å². The van der Waals surface area contributed by atoms with E-state index in [1.807, 2.05) is 0 Å². The molecule has 6 nitrogen and oxygen atoms in total. The third kappa shape index (κ3) is 5.31. The van der Waals surface area contributed by atoms with Crippen molar-refractivity contribution in [3.8, 4) is 0 Å². The molecule has 1 atom stereocenters. The minimum atomic E-state index is -2.79. The summed E-state index contributed by atoms with van der Waals surface area (Å²) in [5.41, 5.74) is 0. The highest BCUT2D eigenvalue weighted by molar-refractivity contribution is 7.76. The highest BCUT2D eigenvalue weighted by Crippen LogP contribution is 1.59. The average Bonchev–Trinajstić information content (AvgIpc) is 1.27. The maximum atomic E-state index is 9.26. The van der Waals surface area contributed by atoms with E-state index in [0.29, 0.717) is 0 Å². The zero-order chi connectivity index (χ0) is 5.86. The zero-order valence-corrected chi connectivity index (χ0v) is 3.80. The Labute approximate surface area is 41.1 Å². The summed E-state index contributed by atoms with van der Waals surface area (Å²) in [5.74, 6) is 0. The molecule has 1 unspecified atom stereocenters. The van der Waals surface area contributed by atoms with Crippen molar-refractivity contribution < 1.29 is 13.8 Å². The molecule has 0 rings (SSSR count). The molecule has 0 heterocycles. The van der Waals surface area contributed by atoms with E-state index in [-0.39, 0.29) is 0 Å². The van der Waals surface area contributed by atoms with Crippen molar-refractivity contribution in [2.45, 2.75) is 0 Å². The standard InChI is InChI=1S/H2N2O4S/c3-2(4)1-7(5)6/h1H,(H,5,6)/p-1. The Morgan fingerprint density at radius 2 is 2.14 bits per heavy atom. The summed E-state index contributed by atoms with van der Waals surface area (Å²) in [7, 11) is 0. The zero-order valence-electron chi connectivity index (χ0n) is 2.99. The van der Waals surface area contributed by atoms with Crippen LogP contribution in [0.5, 0.6) is 0 Å². The van der Waals surface area contributed by atoms with Crippen molar-refractivity contribution in [2.75, 3.05) is 0 Å². The molecule has 0 aromatic carbocycles. The molecular formula is HN2O4S-. The predicted molar refractivity (Wildman–Crippen MR) is 19.0 cm³/mol. The van der Waals surface area contributed by atoms with Crippen LogP contribution < -0.4 is 4.83 Å². The smallest absolute Gasteiger partial charge is 0.169 e. The van der Waals surface area contributed by atoms with Gasteiger partial charge in [-0.3, -0.25) is 0 Å². The molecule has 0 aromatic rings. The Hall–Kier alpha value is -0.690. The lowest BCUT2D eigenvalue weighted by Gasteiger charge is -1.95. The molecule has 0 saturated heterocycles. The van der Waals surface area contributed by atoms with Crippen LogP contribution in [0.1, 0.15) is 0 Å². The summed E-state index contributed by atoms with van der Waals surface area (Å²) in [6.45, 7) is 0. The highest BCUT2D eigenvalue weighted by atomic mass is 32.2. The fourth-order valence-corrected chi connectivity index (χ4v) is 0.183. The molecule has 0 aliphatic rings. The number of nitro groups is 1. The molecule has 0 aliphatic carbocycles. The molecule has 7 heteroatoms. The Morgan fingerprint density at radius 1 is 1.71 bits per heavy atom. The van der Waals surface area contributed by atoms with Crippen LogP contribution in [0.4, 0.5) is 0 Å². The third-order valence-corrected chi connectivity index (χ3v) is 0.447. The van der Waals surface area contributed by atoms with Gasteiger partial charge in [-0.05, 0) is 0 Å². The van der Waals surface area contributed by atoms with Crippen molar-refractivity contribution in [3.05, 3.63) is 10.1 Å². The molecule has 0 bridgehead atoms. The minimum Gasteiger partial charge on any atom is -0.751 e. The molecule has 0 fully saturated rings. The number of hydrogen-bond acceptors (Lipinski definition) is 4. The van der Waals surface area contributed by atoms with Gasteiger partial charge in [-0.2, -0.15) is 0 Å². The molecule has 1 N–H and O–H groups in total. The van der Waals surface area contributed by atoms with Gasteiger partial charge in [-0.15, -0.1) is 0 Å². The molecule has 42 valence electrons. The molecule has 0 aliphatic heterocycles. The van der Waals surface area contributed by atoms with Crippen molar-refractivity contribution >= 4 is 11.3 Å². The van der Waals surface area contributed by atoms with Gasteiger partial charge in [0.15, 0.2) is 5.03 Å². The monoisotopic (exact) mass is 125 g/mol. The first-order valence-electron chi connectivity index (χ1n) is 1.13. The SMILES string of the molecule is O=[N+]([O-])NS(=O)[O-]. The average molecular weight is 125 g/mol. The molecule has 0 spiro atoms. The minimum absolute atomic E-state index is 0.944. The Morgan fingerprint density at radius 3 is 2.14 bits per heavy atom. The lowest BCUT2D eigenvalue weighted by molar-refractivity contribution is -0.518. The topological polar surface area (TPSA) is 95.3 Å². The third-order valence-electron chi connectivity index (χ3n) is 0.149. The van der Waals surface area contributed by atoms with Crippen molar-refractivity contribution in [2.24, 2.45) is 0 Å². The second kappa shape index (κ2) is 2.48. The van der Waals surface area contributed by atoms with E-state index in [4.69, 9.17) is 10.1 Å². The Kier molecular flexibility index (Phi) is 2.23. The summed E-state index contributed by atoms with van der Waals surface area (Å²) in [6.07, 6.45) is 0. The first-order valence-corrected chi connectivity index (χ1v) is 2.20. The van der Waals surface area contributed by atoms with E-state index in [0.717, 1.165) is 4.83 Å². The highest BCUT2D eigenvalue weighted by Gasteiger charge is 1.86. The van der Waals surface area contributed by atoms with E-state index < -0.39 is 16.3 Å². The second-order valence-corrected chi connectivity index (χ2v) is 1.24. The van der Waals surface area contributed by atoms with Crippen molar-refractivity contribution in [1.29, 1.82) is 0 Å². The molecule has 0 saturated carbocycles. The second-order valence-electron chi connectivity index (χ2n) is 0.583. The fraction of sp³-hybridized carbons (Fsp3) is 0. The number of hydrazine groups is 1. The van der Waals surface area contributed by atoms with Gasteiger partial charge in [0.05, 0.1) is 0 Å². The normalized spacial score (nSPS) is 12.7. The maximum absolute atomic E-state index is 9.26. The van der Waals surface area contributed by atoms with Gasteiger partial charge in [0.2, 0.25) is 0 Å². The van der Waals surface area contributed by atoms with Crippen LogP contribution in [0.25, 0.3) is 0 Å². The van der Waals surface area contributed by atoms with Gasteiger partial charge >= 0.3 is 0 Å². The van der Waals surface area contributed by atoms with Crippen LogP contribution in [0.3, 0.4) is 0 Å². The Bertz CT molecular complexity index is 85.9. The van der Waals surface area contributed by atoms with Crippen LogP contribution >= 0.6 is 0 Å². The molecular weight excluding hydrogens is 124 g/mol. The van der Waals surface area contributed by atoms with E-state index in [9.17, 15) is 8.76 Å². The van der Waals surface area contributed by atoms with Crippen LogP contribution in [0.2, 0.25) is 0 Å². The summed E-state index contributed by atoms with van der Waals surface area (Å²) in [4.78, 5) is 10.1. The van der Waals surface area contributed by atoms with Crippen molar-refractivity contribution in [3.63, 3.8) is 0 Å². The number of nitrogens with one attached hydrogen (secondary N) is 1. The summed E-state index contributed by atoms with van der Waals surface area (Å²) in [5, 5.41) is 7.95. The van der Waals surface area contributed by atoms with Crippen LogP contribution in [-0.2, 0) is 11.3 Å². The first-order chi connectivity index (χ1) is 3.13. The van der Waals surface area contributed by atoms with Gasteiger partial charge in [0, 0.05) is 0 Å². The van der Waals surface area contributed by atoms with Crippen LogP contribution in [-0.4, -0.2) is 13.8 Å². The van der Waals surface area contributed by atoms with E-state index in [2.05, 4.69) is 0 Å². The van der Waals surface area contributed by atoms with Gasteiger partial charge in [-0.25, -0.2) is 14.3 Å². The molecule has 7 heavy (non-hydrogen) atoms. The Balaban J connectivity index is 3.32. The molecule has 0 amide bonds. The quantitative estimate of drug-likeness (QED) is 0.278. The van der Waals surface area contributed by atoms with Gasteiger partial charge in [0.1, 0.15) is 11.3 Å². The summed E-state index contributed by atoms with van der Waals surface area (Å²) in [6, 6.07) is 0. The van der Waals surface area contributed by atoms with E-state index in [1.165, 1.54) is 0 Å². The lowest BCUT2D eigenvalue weighted by atomic mass is 12.7. The summed E-state index contributed by atoms with van der Waals surface area (Å²) < 4.78 is 18.5. The van der Waals surface area contributed by atoms with Crippen LogP contribution in [0.15, 0.2) is 0 Å². The number of rotatable bonds is 2. The van der Waals surface area contributed by atoms with Crippen LogP contribution in [0, 0.1) is 10.1 Å². The molecule has 0 radical (unpaired) electrons. The number of hydrogen-bond donors (Lipinski definition) is 1. The molecule has 0 aromatic heterocycles. The van der Waals surface area contributed by atoms with Crippen molar-refractivity contribution in [1.82, 2.24) is 4.83 Å². The number of nitrogens with zero attached hydrogens (tertiary/aromatic N) is 1. The largest absolute Gasteiger partial charge is 0.751 e. The maximum Gasteiger partial charge on any atom is 0.169 e. The first kappa shape index (κ1) is 6.31. The van der Waals surface area contributed by atoms with Gasteiger partial charge < -0.3 is 4.55 Å². The fourth-order valence-electron chi connectivity index (χ4n) is 0.0609. The van der Waals surface area contributed by atoms with E-state index >= 15 is 0 Å². The van der Waals surface area contributed by atoms with Gasteiger partial charge in [0.25, 0.3) is 0 Å². The predicted octanol–water partition coefficient (Wildman–Crippen LogP) is -1.44. The van der Waals surface area contributed by atoms with E-state index in [1.54, 1.807) is 0 Å².